The Balaban J connectivity index is 0. The molecule has 88 valence electrons. The van der Waals surface area contributed by atoms with Crippen LogP contribution in [0, 0.1) is 0 Å². The maximum atomic E-state index is 10.7. The molecule has 0 aliphatic carbocycles. The summed E-state index contributed by atoms with van der Waals surface area (Å²) in [6, 6.07) is 1.96. The Hall–Kier alpha value is 0.840. The second-order valence-electron chi connectivity index (χ2n) is 2.58. The molecule has 7 nitrogen and oxygen atoms in total. The van der Waals surface area contributed by atoms with Crippen LogP contribution in [0.1, 0.15) is 0 Å². The Bertz CT molecular complexity index is 593. The van der Waals surface area contributed by atoms with Gasteiger partial charge in [-0.15, -0.1) is 0 Å². The van der Waals surface area contributed by atoms with Crippen molar-refractivity contribution in [1.82, 2.24) is 0 Å². The van der Waals surface area contributed by atoms with Crippen LogP contribution in [0.5, 0.6) is 5.75 Å². The van der Waals surface area contributed by atoms with Crippen molar-refractivity contribution in [2.24, 2.45) is 0 Å². The molecule has 3 N–H and O–H groups in total. The average Bonchev–Trinajstić information content (AvgIpc) is 2.00. The van der Waals surface area contributed by atoms with Crippen LogP contribution in [0.25, 0.3) is 0 Å². The van der Waals surface area contributed by atoms with Crippen molar-refractivity contribution < 1.29 is 31.0 Å². The van der Waals surface area contributed by atoms with Gasteiger partial charge in [-0.3, -0.25) is 9.11 Å². The van der Waals surface area contributed by atoms with Crippen molar-refractivity contribution in [3.05, 3.63) is 18.2 Å². The zero-order chi connectivity index (χ0) is 11.9. The average molecular weight is 302 g/mol. The van der Waals surface area contributed by atoms with E-state index in [-0.39, 0.29) is 59.1 Å². The minimum absolute atomic E-state index is 0. The van der Waals surface area contributed by atoms with E-state index in [1.807, 2.05) is 0 Å². The van der Waals surface area contributed by atoms with E-state index in [1.165, 1.54) is 0 Å². The van der Waals surface area contributed by atoms with E-state index in [2.05, 4.69) is 0 Å². The normalized spacial score (nSPS) is 11.2. The first-order valence-electron chi connectivity index (χ1n) is 3.40. The monoisotopic (exact) mass is 302 g/mol. The number of benzene rings is 1. The summed E-state index contributed by atoms with van der Waals surface area (Å²) >= 11 is 0. The standard InChI is InChI=1S/C6H6O7S2.2Na.2H/c7-5-2-1-4(14(8,9)10)3-6(5)15(11,12)13;;;;/h1-3,7H,(H,8,9,10)(H,11,12,13);;;;. The molecule has 0 saturated carbocycles. The number of aromatic hydroxyl groups is 1. The Morgan fingerprint density at radius 1 is 0.882 bits per heavy atom. The number of hydrogen-bond acceptors (Lipinski definition) is 5. The van der Waals surface area contributed by atoms with Gasteiger partial charge in [0.25, 0.3) is 20.2 Å². The van der Waals surface area contributed by atoms with E-state index < -0.39 is 35.8 Å². The molecule has 0 spiro atoms. The van der Waals surface area contributed by atoms with E-state index in [4.69, 9.17) is 14.2 Å². The summed E-state index contributed by atoms with van der Waals surface area (Å²) < 4.78 is 59.7. The Morgan fingerprint density at radius 3 is 1.71 bits per heavy atom. The van der Waals surface area contributed by atoms with Crippen molar-refractivity contribution in [1.29, 1.82) is 0 Å². The molecule has 0 amide bonds. The van der Waals surface area contributed by atoms with Crippen molar-refractivity contribution >= 4 is 79.4 Å². The molecular formula is C6H8Na2O7S2. The molecule has 17 heavy (non-hydrogen) atoms. The van der Waals surface area contributed by atoms with Crippen molar-refractivity contribution in [2.75, 3.05) is 0 Å². The van der Waals surface area contributed by atoms with Gasteiger partial charge in [0.1, 0.15) is 10.6 Å². The van der Waals surface area contributed by atoms with E-state index in [9.17, 15) is 16.8 Å². The molecule has 11 heteroatoms. The van der Waals surface area contributed by atoms with E-state index in [0.29, 0.717) is 6.07 Å². The molecule has 1 aromatic carbocycles. The summed E-state index contributed by atoms with van der Waals surface area (Å²) in [4.78, 5) is -1.73. The van der Waals surface area contributed by atoms with Crippen LogP contribution in [0.4, 0.5) is 0 Å². The Kier molecular flexibility index (Phi) is 8.12. The molecule has 0 fully saturated rings. The zero-order valence-electron chi connectivity index (χ0n) is 7.02. The maximum absolute atomic E-state index is 10.7. The van der Waals surface area contributed by atoms with Crippen molar-refractivity contribution in [3.8, 4) is 5.75 Å². The Labute approximate surface area is 142 Å². The molecular weight excluding hydrogens is 294 g/mol. The summed E-state index contributed by atoms with van der Waals surface area (Å²) in [6.45, 7) is 0. The predicted molar refractivity (Wildman–Crippen MR) is 62.0 cm³/mol. The van der Waals surface area contributed by atoms with E-state index >= 15 is 0 Å². The molecule has 0 aliphatic rings. The molecule has 1 aromatic rings. The summed E-state index contributed by atoms with van der Waals surface area (Å²) in [5.41, 5.74) is 0. The molecule has 1 rings (SSSR count). The van der Waals surface area contributed by atoms with Crippen LogP contribution in [0.3, 0.4) is 0 Å². The fourth-order valence-corrected chi connectivity index (χ4v) is 2.05. The summed E-state index contributed by atoms with van der Waals surface area (Å²) in [7, 11) is -9.33. The van der Waals surface area contributed by atoms with E-state index in [1.54, 1.807) is 0 Å². The van der Waals surface area contributed by atoms with Crippen LogP contribution >= 0.6 is 0 Å². The fourth-order valence-electron chi connectivity index (χ4n) is 0.862. The third-order valence-electron chi connectivity index (χ3n) is 1.51. The second-order valence-corrected chi connectivity index (χ2v) is 5.39. The van der Waals surface area contributed by atoms with Crippen molar-refractivity contribution in [2.45, 2.75) is 9.79 Å². The summed E-state index contributed by atoms with van der Waals surface area (Å²) in [5.74, 6) is -0.815. The van der Waals surface area contributed by atoms with E-state index in [0.717, 1.165) is 12.1 Å². The third kappa shape index (κ3) is 5.55. The van der Waals surface area contributed by atoms with Gasteiger partial charge in [0.15, 0.2) is 0 Å². The number of hydrogen-bond donors (Lipinski definition) is 3. The van der Waals surface area contributed by atoms with Crippen LogP contribution in [-0.4, -0.2) is 90.2 Å². The first-order valence-corrected chi connectivity index (χ1v) is 6.28. The van der Waals surface area contributed by atoms with Gasteiger partial charge in [-0.05, 0) is 18.2 Å². The van der Waals surface area contributed by atoms with Gasteiger partial charge < -0.3 is 5.11 Å². The number of rotatable bonds is 2. The number of phenolic OH excluding ortho intramolecular Hbond substituents is 1. The van der Waals surface area contributed by atoms with Gasteiger partial charge in [0.05, 0.1) is 4.90 Å². The molecule has 0 atom stereocenters. The van der Waals surface area contributed by atoms with Crippen molar-refractivity contribution in [3.63, 3.8) is 0 Å². The molecule has 0 bridgehead atoms. The van der Waals surface area contributed by atoms with Gasteiger partial charge in [0, 0.05) is 0 Å². The molecule has 0 aromatic heterocycles. The van der Waals surface area contributed by atoms with Gasteiger partial charge in [0.2, 0.25) is 0 Å². The van der Waals surface area contributed by atoms with Gasteiger partial charge in [-0.2, -0.15) is 16.8 Å². The van der Waals surface area contributed by atoms with Gasteiger partial charge >= 0.3 is 59.1 Å². The first-order chi connectivity index (χ1) is 6.62. The minimum atomic E-state index is -4.74. The van der Waals surface area contributed by atoms with Crippen LogP contribution in [0.15, 0.2) is 28.0 Å². The van der Waals surface area contributed by atoms with Crippen LogP contribution < -0.4 is 0 Å². The molecule has 0 radical (unpaired) electrons. The summed E-state index contributed by atoms with van der Waals surface area (Å²) in [6.07, 6.45) is 0. The van der Waals surface area contributed by atoms with Crippen LogP contribution in [-0.2, 0) is 20.2 Å². The topological polar surface area (TPSA) is 129 Å². The molecule has 0 heterocycles. The van der Waals surface area contributed by atoms with Gasteiger partial charge in [-0.25, -0.2) is 0 Å². The zero-order valence-corrected chi connectivity index (χ0v) is 8.66. The van der Waals surface area contributed by atoms with Gasteiger partial charge in [-0.1, -0.05) is 0 Å². The van der Waals surface area contributed by atoms with Crippen LogP contribution in [0.2, 0.25) is 0 Å². The summed E-state index contributed by atoms with van der Waals surface area (Å²) in [5, 5.41) is 9.02. The third-order valence-corrected chi connectivity index (χ3v) is 3.24. The molecule has 0 saturated heterocycles. The SMILES string of the molecule is O=S(=O)(O)c1ccc(O)c(S(=O)(=O)O)c1.[NaH].[NaH]. The molecule has 0 unspecified atom stereocenters. The fraction of sp³-hybridized carbons (Fsp3) is 0. The first kappa shape index (κ1) is 20.2. The predicted octanol–water partition coefficient (Wildman–Crippen LogP) is -1.41. The Morgan fingerprint density at radius 2 is 1.35 bits per heavy atom. The quantitative estimate of drug-likeness (QED) is 0.452. The molecule has 0 aliphatic heterocycles. The number of phenols is 1. The second kappa shape index (κ2) is 6.85.